The number of amides is 1. The molecule has 1 fully saturated rings. The van der Waals surface area contributed by atoms with Crippen molar-refractivity contribution in [1.82, 2.24) is 4.90 Å². The fraction of sp³-hybridized carbons (Fsp3) is 0.269. The van der Waals surface area contributed by atoms with E-state index in [0.29, 0.717) is 23.0 Å². The first-order valence-electron chi connectivity index (χ1n) is 11.0. The zero-order valence-electron chi connectivity index (χ0n) is 19.5. The third kappa shape index (κ3) is 5.29. The number of benzene rings is 3. The van der Waals surface area contributed by atoms with Crippen molar-refractivity contribution in [3.63, 3.8) is 0 Å². The Morgan fingerprint density at radius 2 is 1.62 bits per heavy atom. The Morgan fingerprint density at radius 3 is 2.15 bits per heavy atom. The lowest BCUT2D eigenvalue weighted by atomic mass is 10.0. The minimum Gasteiger partial charge on any atom is -0.368 e. The largest absolute Gasteiger partial charge is 0.368 e. The van der Waals surface area contributed by atoms with E-state index < -0.39 is 9.84 Å². The number of halogens is 1. The van der Waals surface area contributed by atoms with E-state index in [2.05, 4.69) is 10.2 Å². The van der Waals surface area contributed by atoms with Gasteiger partial charge in [-0.15, -0.1) is 0 Å². The number of rotatable bonds is 6. The molecule has 4 rings (SSSR count). The number of anilines is 2. The van der Waals surface area contributed by atoms with Gasteiger partial charge in [0.25, 0.3) is 5.91 Å². The molecular weight excluding hydrogens is 453 g/mol. The Hall–Kier alpha value is -3.23. The van der Waals surface area contributed by atoms with E-state index >= 15 is 0 Å². The minimum absolute atomic E-state index is 0.257. The summed E-state index contributed by atoms with van der Waals surface area (Å²) in [5, 5.41) is 2.75. The molecule has 1 N–H and O–H groups in total. The molecule has 3 aromatic rings. The van der Waals surface area contributed by atoms with E-state index in [0.717, 1.165) is 30.6 Å². The molecule has 0 aliphatic carbocycles. The van der Waals surface area contributed by atoms with Crippen molar-refractivity contribution >= 4 is 27.1 Å². The van der Waals surface area contributed by atoms with Crippen molar-refractivity contribution in [2.24, 2.45) is 0 Å². The highest BCUT2D eigenvalue weighted by molar-refractivity contribution is 7.90. The zero-order chi connectivity index (χ0) is 24.5. The Labute approximate surface area is 199 Å². The van der Waals surface area contributed by atoms with Gasteiger partial charge in [0.2, 0.25) is 0 Å². The molecule has 1 amide bonds. The average molecular weight is 482 g/mol. The SMILES string of the molecule is CN(C)C1CCN(c2ccc(NC(=O)c3ccc(-c4ccc(S(C)(=O)=O)cc4)cc3)cc2F)C1. The van der Waals surface area contributed by atoms with Crippen LogP contribution in [0.25, 0.3) is 11.1 Å². The van der Waals surface area contributed by atoms with Gasteiger partial charge >= 0.3 is 0 Å². The number of nitrogens with zero attached hydrogens (tertiary/aromatic N) is 2. The van der Waals surface area contributed by atoms with Crippen LogP contribution < -0.4 is 10.2 Å². The normalized spacial score (nSPS) is 16.1. The molecule has 1 heterocycles. The summed E-state index contributed by atoms with van der Waals surface area (Å²) in [5.41, 5.74) is 3.09. The Kier molecular flexibility index (Phi) is 6.72. The molecule has 0 saturated carbocycles. The van der Waals surface area contributed by atoms with Gasteiger partial charge in [-0.3, -0.25) is 4.79 Å². The highest BCUT2D eigenvalue weighted by Gasteiger charge is 2.26. The van der Waals surface area contributed by atoms with Crippen LogP contribution in [0.4, 0.5) is 15.8 Å². The molecule has 0 aromatic heterocycles. The van der Waals surface area contributed by atoms with E-state index in [-0.39, 0.29) is 16.6 Å². The summed E-state index contributed by atoms with van der Waals surface area (Å²) in [7, 11) is 0.814. The summed E-state index contributed by atoms with van der Waals surface area (Å²) in [6, 6.07) is 18.7. The monoisotopic (exact) mass is 481 g/mol. The molecule has 1 atom stereocenters. The third-order valence-corrected chi connectivity index (χ3v) is 7.33. The molecule has 0 bridgehead atoms. The average Bonchev–Trinajstić information content (AvgIpc) is 3.29. The van der Waals surface area contributed by atoms with Gasteiger partial charge in [-0.1, -0.05) is 24.3 Å². The second kappa shape index (κ2) is 9.56. The fourth-order valence-electron chi connectivity index (χ4n) is 4.14. The number of nitrogens with one attached hydrogen (secondary N) is 1. The molecule has 8 heteroatoms. The van der Waals surface area contributed by atoms with E-state index in [1.54, 1.807) is 60.7 Å². The van der Waals surface area contributed by atoms with Crippen LogP contribution in [0.2, 0.25) is 0 Å². The van der Waals surface area contributed by atoms with Gasteiger partial charge in [0.1, 0.15) is 5.82 Å². The number of hydrogen-bond donors (Lipinski definition) is 1. The molecule has 178 valence electrons. The van der Waals surface area contributed by atoms with Crippen molar-refractivity contribution in [2.45, 2.75) is 17.4 Å². The summed E-state index contributed by atoms with van der Waals surface area (Å²) >= 11 is 0. The smallest absolute Gasteiger partial charge is 0.255 e. The van der Waals surface area contributed by atoms with E-state index in [1.807, 2.05) is 19.0 Å². The molecule has 1 unspecified atom stereocenters. The summed E-state index contributed by atoms with van der Waals surface area (Å²) in [6.07, 6.45) is 2.16. The minimum atomic E-state index is -3.25. The highest BCUT2D eigenvalue weighted by Crippen LogP contribution is 2.28. The lowest BCUT2D eigenvalue weighted by molar-refractivity contribution is 0.102. The summed E-state index contributed by atoms with van der Waals surface area (Å²) in [6.45, 7) is 1.58. The Balaban J connectivity index is 1.42. The van der Waals surface area contributed by atoms with Crippen molar-refractivity contribution < 1.29 is 17.6 Å². The molecule has 6 nitrogen and oxygen atoms in total. The zero-order valence-corrected chi connectivity index (χ0v) is 20.3. The van der Waals surface area contributed by atoms with Gasteiger partial charge in [-0.25, -0.2) is 12.8 Å². The summed E-state index contributed by atoms with van der Waals surface area (Å²) < 4.78 is 38.0. The van der Waals surface area contributed by atoms with Crippen LogP contribution in [0.3, 0.4) is 0 Å². The number of carbonyl (C=O) groups is 1. The topological polar surface area (TPSA) is 69.7 Å². The predicted octanol–water partition coefficient (Wildman–Crippen LogP) is 4.29. The lowest BCUT2D eigenvalue weighted by Crippen LogP contribution is -2.31. The third-order valence-electron chi connectivity index (χ3n) is 6.20. The van der Waals surface area contributed by atoms with Crippen molar-refractivity contribution in [2.75, 3.05) is 43.7 Å². The molecule has 0 radical (unpaired) electrons. The highest BCUT2D eigenvalue weighted by atomic mass is 32.2. The Bertz CT molecular complexity index is 1290. The van der Waals surface area contributed by atoms with Crippen LogP contribution in [0.1, 0.15) is 16.8 Å². The molecule has 0 spiro atoms. The van der Waals surface area contributed by atoms with Gasteiger partial charge < -0.3 is 15.1 Å². The quantitative estimate of drug-likeness (QED) is 0.569. The summed E-state index contributed by atoms with van der Waals surface area (Å²) in [5.74, 6) is -0.690. The van der Waals surface area contributed by atoms with Gasteiger partial charge in [0.15, 0.2) is 9.84 Å². The molecule has 1 aliphatic heterocycles. The number of hydrogen-bond acceptors (Lipinski definition) is 5. The van der Waals surface area contributed by atoms with Gasteiger partial charge in [0, 0.05) is 36.6 Å². The standard InChI is InChI=1S/C26H28FN3O3S/c1-29(2)22-14-15-30(17-22)25-13-10-21(16-24(25)27)28-26(31)20-6-4-18(5-7-20)19-8-11-23(12-9-19)34(3,32)33/h4-13,16,22H,14-15,17H2,1-3H3,(H,28,31). The van der Waals surface area contributed by atoms with Gasteiger partial charge in [-0.05, 0) is 74.1 Å². The predicted molar refractivity (Wildman–Crippen MR) is 134 cm³/mol. The van der Waals surface area contributed by atoms with E-state index in [4.69, 9.17) is 0 Å². The first-order chi connectivity index (χ1) is 16.1. The van der Waals surface area contributed by atoms with Crippen LogP contribution in [0, 0.1) is 5.82 Å². The second-order valence-corrected chi connectivity index (χ2v) is 10.9. The Morgan fingerprint density at radius 1 is 1.00 bits per heavy atom. The van der Waals surface area contributed by atoms with Crippen LogP contribution in [0.15, 0.2) is 71.6 Å². The van der Waals surface area contributed by atoms with E-state index in [1.165, 1.54) is 12.3 Å². The first kappa shape index (κ1) is 23.9. The molecular formula is C26H28FN3O3S. The van der Waals surface area contributed by atoms with Crippen LogP contribution in [-0.2, 0) is 9.84 Å². The van der Waals surface area contributed by atoms with Crippen molar-refractivity contribution in [3.8, 4) is 11.1 Å². The lowest BCUT2D eigenvalue weighted by Gasteiger charge is -2.22. The van der Waals surface area contributed by atoms with Gasteiger partial charge in [-0.2, -0.15) is 0 Å². The van der Waals surface area contributed by atoms with Crippen LogP contribution in [0.5, 0.6) is 0 Å². The van der Waals surface area contributed by atoms with Crippen molar-refractivity contribution in [3.05, 3.63) is 78.1 Å². The molecule has 3 aromatic carbocycles. The summed E-state index contributed by atoms with van der Waals surface area (Å²) in [4.78, 5) is 17.1. The van der Waals surface area contributed by atoms with Crippen LogP contribution >= 0.6 is 0 Å². The van der Waals surface area contributed by atoms with Crippen LogP contribution in [-0.4, -0.2) is 58.7 Å². The maximum Gasteiger partial charge on any atom is 0.255 e. The van der Waals surface area contributed by atoms with Gasteiger partial charge in [0.05, 0.1) is 10.6 Å². The number of likely N-dealkylation sites (N-methyl/N-ethyl adjacent to an activating group) is 1. The molecule has 1 aliphatic rings. The fourth-order valence-corrected chi connectivity index (χ4v) is 4.77. The molecule has 34 heavy (non-hydrogen) atoms. The maximum atomic E-state index is 14.8. The number of carbonyl (C=O) groups excluding carboxylic acids is 1. The maximum absolute atomic E-state index is 14.8. The van der Waals surface area contributed by atoms with Crippen molar-refractivity contribution in [1.29, 1.82) is 0 Å². The molecule has 1 saturated heterocycles. The van der Waals surface area contributed by atoms with E-state index in [9.17, 15) is 17.6 Å². The first-order valence-corrected chi connectivity index (χ1v) is 12.9. The second-order valence-electron chi connectivity index (χ2n) is 8.85. The number of sulfone groups is 1.